The van der Waals surface area contributed by atoms with E-state index >= 15 is 0 Å². The van der Waals surface area contributed by atoms with Crippen molar-refractivity contribution in [3.63, 3.8) is 0 Å². The van der Waals surface area contributed by atoms with Crippen molar-refractivity contribution >= 4 is 0 Å². The van der Waals surface area contributed by atoms with Crippen molar-refractivity contribution < 1.29 is 4.74 Å². The number of piperidine rings is 1. The topological polar surface area (TPSA) is 21.3 Å². The van der Waals surface area contributed by atoms with E-state index in [0.717, 1.165) is 19.1 Å². The van der Waals surface area contributed by atoms with E-state index in [4.69, 9.17) is 4.74 Å². The molecule has 0 aromatic carbocycles. The Morgan fingerprint density at radius 3 is 2.41 bits per heavy atom. The van der Waals surface area contributed by atoms with Gasteiger partial charge in [0.25, 0.3) is 0 Å². The highest BCUT2D eigenvalue weighted by Crippen LogP contribution is 2.15. The smallest absolute Gasteiger partial charge is 0.0468 e. The predicted octanol–water partition coefficient (Wildman–Crippen LogP) is 3.75. The summed E-state index contributed by atoms with van der Waals surface area (Å²) in [6, 6.07) is 0. The molecule has 0 aliphatic carbocycles. The number of nitrogens with one attached hydrogen (secondary N) is 1. The van der Waals surface area contributed by atoms with Crippen LogP contribution in [0.4, 0.5) is 0 Å². The summed E-state index contributed by atoms with van der Waals surface area (Å²) in [7, 11) is 0. The normalized spacial score (nSPS) is 17.5. The maximum atomic E-state index is 5.72. The fourth-order valence-electron chi connectivity index (χ4n) is 2.51. The molecular formula is C15H31NO. The second-order valence-corrected chi connectivity index (χ2v) is 5.36. The van der Waals surface area contributed by atoms with Crippen LogP contribution in [0.5, 0.6) is 0 Å². The summed E-state index contributed by atoms with van der Waals surface area (Å²) >= 11 is 0. The fourth-order valence-corrected chi connectivity index (χ4v) is 2.51. The van der Waals surface area contributed by atoms with Crippen LogP contribution in [0.1, 0.15) is 64.7 Å². The minimum absolute atomic E-state index is 0.917. The first-order chi connectivity index (χ1) is 8.43. The molecule has 0 aromatic heterocycles. The van der Waals surface area contributed by atoms with Gasteiger partial charge in [0.15, 0.2) is 0 Å². The van der Waals surface area contributed by atoms with E-state index in [0.29, 0.717) is 0 Å². The second kappa shape index (κ2) is 11.0. The van der Waals surface area contributed by atoms with Gasteiger partial charge in [0.2, 0.25) is 0 Å². The van der Waals surface area contributed by atoms with Gasteiger partial charge in [0.1, 0.15) is 0 Å². The molecule has 2 nitrogen and oxygen atoms in total. The average Bonchev–Trinajstić information content (AvgIpc) is 2.38. The molecule has 0 radical (unpaired) electrons. The van der Waals surface area contributed by atoms with Gasteiger partial charge >= 0.3 is 0 Å². The number of rotatable bonds is 10. The minimum atomic E-state index is 0.917. The summed E-state index contributed by atoms with van der Waals surface area (Å²) < 4.78 is 5.72. The van der Waals surface area contributed by atoms with Crippen molar-refractivity contribution in [2.45, 2.75) is 64.7 Å². The summed E-state index contributed by atoms with van der Waals surface area (Å²) in [4.78, 5) is 0. The first-order valence-corrected chi connectivity index (χ1v) is 7.72. The third kappa shape index (κ3) is 8.62. The van der Waals surface area contributed by atoms with Gasteiger partial charge in [-0.3, -0.25) is 0 Å². The summed E-state index contributed by atoms with van der Waals surface area (Å²) in [6.07, 6.45) is 12.1. The monoisotopic (exact) mass is 241 g/mol. The highest BCUT2D eigenvalue weighted by molar-refractivity contribution is 4.67. The van der Waals surface area contributed by atoms with E-state index in [9.17, 15) is 0 Å². The standard InChI is InChI=1S/C15H31NO/c1-2-3-4-5-6-7-13-17-14-10-15-8-11-16-12-9-15/h15-16H,2-14H2,1H3. The lowest BCUT2D eigenvalue weighted by atomic mass is 9.95. The van der Waals surface area contributed by atoms with Crippen molar-refractivity contribution in [1.29, 1.82) is 0 Å². The van der Waals surface area contributed by atoms with Gasteiger partial charge in [-0.05, 0) is 44.7 Å². The summed E-state index contributed by atoms with van der Waals surface area (Å²) in [6.45, 7) is 6.66. The lowest BCUT2D eigenvalue weighted by Crippen LogP contribution is -2.28. The lowest BCUT2D eigenvalue weighted by Gasteiger charge is -2.22. The Balaban J connectivity index is 1.75. The zero-order chi connectivity index (χ0) is 12.2. The number of hydrogen-bond acceptors (Lipinski definition) is 2. The Morgan fingerprint density at radius 2 is 1.65 bits per heavy atom. The molecule has 0 saturated carbocycles. The third-order valence-electron chi connectivity index (χ3n) is 3.77. The molecule has 1 heterocycles. The third-order valence-corrected chi connectivity index (χ3v) is 3.77. The molecule has 0 aromatic rings. The molecule has 0 amide bonds. The molecule has 1 aliphatic heterocycles. The van der Waals surface area contributed by atoms with Crippen LogP contribution in [0.15, 0.2) is 0 Å². The van der Waals surface area contributed by atoms with Crippen LogP contribution in [0.25, 0.3) is 0 Å². The summed E-state index contributed by atoms with van der Waals surface area (Å²) in [5, 5.41) is 3.41. The first kappa shape index (κ1) is 15.0. The molecule has 17 heavy (non-hydrogen) atoms. The van der Waals surface area contributed by atoms with Crippen molar-refractivity contribution in [3.05, 3.63) is 0 Å². The van der Waals surface area contributed by atoms with Crippen molar-refractivity contribution in [2.24, 2.45) is 5.92 Å². The van der Waals surface area contributed by atoms with Crippen LogP contribution in [-0.4, -0.2) is 26.3 Å². The summed E-state index contributed by atoms with van der Waals surface area (Å²) in [5.41, 5.74) is 0. The Labute approximate surface area is 108 Å². The molecule has 1 rings (SSSR count). The van der Waals surface area contributed by atoms with Gasteiger partial charge in [0, 0.05) is 13.2 Å². The number of ether oxygens (including phenoxy) is 1. The molecule has 1 N–H and O–H groups in total. The van der Waals surface area contributed by atoms with Crippen LogP contribution >= 0.6 is 0 Å². The lowest BCUT2D eigenvalue weighted by molar-refractivity contribution is 0.111. The summed E-state index contributed by atoms with van der Waals surface area (Å²) in [5.74, 6) is 0.917. The largest absolute Gasteiger partial charge is 0.381 e. The maximum Gasteiger partial charge on any atom is 0.0468 e. The van der Waals surface area contributed by atoms with Crippen molar-refractivity contribution in [3.8, 4) is 0 Å². The highest BCUT2D eigenvalue weighted by Gasteiger charge is 2.11. The molecule has 1 saturated heterocycles. The zero-order valence-electron chi connectivity index (χ0n) is 11.7. The Bertz CT molecular complexity index is 155. The molecular weight excluding hydrogens is 210 g/mol. The number of unbranched alkanes of at least 4 members (excludes halogenated alkanes) is 5. The molecule has 0 spiro atoms. The van der Waals surface area contributed by atoms with E-state index in [2.05, 4.69) is 12.2 Å². The van der Waals surface area contributed by atoms with Crippen LogP contribution in [0.3, 0.4) is 0 Å². The molecule has 0 bridgehead atoms. The maximum absolute atomic E-state index is 5.72. The molecule has 1 fully saturated rings. The van der Waals surface area contributed by atoms with Gasteiger partial charge in [-0.1, -0.05) is 39.0 Å². The average molecular weight is 241 g/mol. The highest BCUT2D eigenvalue weighted by atomic mass is 16.5. The molecule has 102 valence electrons. The molecule has 1 aliphatic rings. The Hall–Kier alpha value is -0.0800. The van der Waals surface area contributed by atoms with Crippen molar-refractivity contribution in [1.82, 2.24) is 5.32 Å². The van der Waals surface area contributed by atoms with Crippen LogP contribution in [0, 0.1) is 5.92 Å². The number of hydrogen-bond donors (Lipinski definition) is 1. The first-order valence-electron chi connectivity index (χ1n) is 7.72. The molecule has 2 heteroatoms. The van der Waals surface area contributed by atoms with Gasteiger partial charge in [-0.25, -0.2) is 0 Å². The van der Waals surface area contributed by atoms with E-state index in [1.54, 1.807) is 0 Å². The Morgan fingerprint density at radius 1 is 0.941 bits per heavy atom. The van der Waals surface area contributed by atoms with Gasteiger partial charge < -0.3 is 10.1 Å². The molecule has 0 atom stereocenters. The quantitative estimate of drug-likeness (QED) is 0.588. The van der Waals surface area contributed by atoms with Crippen LogP contribution in [0.2, 0.25) is 0 Å². The van der Waals surface area contributed by atoms with E-state index in [1.807, 2.05) is 0 Å². The van der Waals surface area contributed by atoms with E-state index < -0.39 is 0 Å². The zero-order valence-corrected chi connectivity index (χ0v) is 11.7. The second-order valence-electron chi connectivity index (χ2n) is 5.36. The molecule has 0 unspecified atom stereocenters. The predicted molar refractivity (Wildman–Crippen MR) is 74.4 cm³/mol. The van der Waals surface area contributed by atoms with E-state index in [1.165, 1.54) is 70.9 Å². The minimum Gasteiger partial charge on any atom is -0.381 e. The van der Waals surface area contributed by atoms with Crippen molar-refractivity contribution in [2.75, 3.05) is 26.3 Å². The SMILES string of the molecule is CCCCCCCCOCCC1CCNCC1. The Kier molecular flexibility index (Phi) is 9.72. The van der Waals surface area contributed by atoms with Gasteiger partial charge in [0.05, 0.1) is 0 Å². The van der Waals surface area contributed by atoms with Gasteiger partial charge in [-0.2, -0.15) is 0 Å². The van der Waals surface area contributed by atoms with Gasteiger partial charge in [-0.15, -0.1) is 0 Å². The van der Waals surface area contributed by atoms with E-state index in [-0.39, 0.29) is 0 Å². The van der Waals surface area contributed by atoms with Crippen LogP contribution < -0.4 is 5.32 Å². The van der Waals surface area contributed by atoms with Crippen LogP contribution in [-0.2, 0) is 4.74 Å². The fraction of sp³-hybridized carbons (Fsp3) is 1.00.